The van der Waals surface area contributed by atoms with Crippen molar-refractivity contribution in [2.75, 3.05) is 7.11 Å². The Balaban J connectivity index is 2.06. The van der Waals surface area contributed by atoms with Gasteiger partial charge in [0.1, 0.15) is 12.3 Å². The zero-order chi connectivity index (χ0) is 16.5. The molecule has 0 spiro atoms. The third kappa shape index (κ3) is 5.29. The van der Waals surface area contributed by atoms with E-state index in [0.29, 0.717) is 12.0 Å². The molecule has 0 aromatic heterocycles. The fraction of sp³-hybridized carbons (Fsp3) is 1.00. The molecule has 4 nitrogen and oxygen atoms in total. The van der Waals surface area contributed by atoms with E-state index in [0.717, 1.165) is 25.7 Å². The Kier molecular flexibility index (Phi) is 7.11. The summed E-state index contributed by atoms with van der Waals surface area (Å²) in [7, 11) is 1.74. The molecule has 3 N–H and O–H groups in total. The molecular weight excluding hydrogens is 415 g/mol. The first-order chi connectivity index (χ1) is 10.1. The van der Waals surface area contributed by atoms with Crippen LogP contribution in [0.4, 0.5) is 0 Å². The van der Waals surface area contributed by atoms with Crippen LogP contribution in [0, 0.1) is 5.92 Å². The third-order valence-electron chi connectivity index (χ3n) is 4.20. The van der Waals surface area contributed by atoms with Crippen molar-refractivity contribution >= 4 is 69.6 Å². The van der Waals surface area contributed by atoms with Crippen molar-refractivity contribution in [3.05, 3.63) is 0 Å². The summed E-state index contributed by atoms with van der Waals surface area (Å²) < 4.78 is 2.28. The lowest BCUT2D eigenvalue weighted by atomic mass is 9.84. The molecule has 2 rings (SSSR count). The summed E-state index contributed by atoms with van der Waals surface area (Å²) in [6.45, 7) is 0. The molecule has 0 bridgehead atoms. The molecule has 0 radical (unpaired) electrons. The Morgan fingerprint density at radius 2 is 1.23 bits per heavy atom. The first-order valence-corrected chi connectivity index (χ1v) is 9.32. The predicted octanol–water partition coefficient (Wildman–Crippen LogP) is 3.69. The Bertz CT molecular complexity index is 345. The molecule has 1 aliphatic heterocycles. The molecule has 0 amide bonds. The zero-order valence-corrected chi connectivity index (χ0v) is 16.4. The van der Waals surface area contributed by atoms with E-state index >= 15 is 0 Å². The lowest BCUT2D eigenvalue weighted by Crippen LogP contribution is -2.74. The maximum Gasteiger partial charge on any atom is 0.218 e. The highest BCUT2D eigenvalue weighted by molar-refractivity contribution is 6.68. The number of rotatable bonds is 2. The van der Waals surface area contributed by atoms with Gasteiger partial charge in [0.05, 0.1) is 12.3 Å². The maximum absolute atomic E-state index is 6.01. The molecule has 2 unspecified atom stereocenters. The summed E-state index contributed by atoms with van der Waals surface area (Å²) in [6.07, 6.45) is 2.92. The maximum atomic E-state index is 6.01. The minimum absolute atomic E-state index is 0.111. The summed E-state index contributed by atoms with van der Waals surface area (Å²) in [5.41, 5.74) is 0. The van der Waals surface area contributed by atoms with Gasteiger partial charge in [-0.05, 0) is 31.6 Å². The second kappa shape index (κ2) is 7.86. The summed E-state index contributed by atoms with van der Waals surface area (Å²) in [6, 6.07) is 0. The van der Waals surface area contributed by atoms with Crippen molar-refractivity contribution in [3.63, 3.8) is 0 Å². The number of nitrogens with one attached hydrogen (secondary N) is 3. The van der Waals surface area contributed by atoms with Crippen molar-refractivity contribution in [2.24, 2.45) is 5.92 Å². The SMILES string of the molecule is COC1CCC(C2NC(C(Cl)(Cl)Cl)NC(C(Cl)(Cl)Cl)N2)CC1. The average Bonchev–Trinajstić information content (AvgIpc) is 2.45. The number of ether oxygens (including phenoxy) is 1. The van der Waals surface area contributed by atoms with Crippen LogP contribution in [0.1, 0.15) is 25.7 Å². The zero-order valence-electron chi connectivity index (χ0n) is 11.9. The normalized spacial score (nSPS) is 38.0. The molecule has 1 heterocycles. The smallest absolute Gasteiger partial charge is 0.218 e. The van der Waals surface area contributed by atoms with Gasteiger partial charge in [0.25, 0.3) is 0 Å². The lowest BCUT2D eigenvalue weighted by molar-refractivity contribution is 0.0380. The van der Waals surface area contributed by atoms with E-state index in [1.807, 2.05) is 0 Å². The van der Waals surface area contributed by atoms with Gasteiger partial charge in [-0.1, -0.05) is 69.6 Å². The number of hydrogen-bond donors (Lipinski definition) is 3. The van der Waals surface area contributed by atoms with Gasteiger partial charge >= 0.3 is 0 Å². The van der Waals surface area contributed by atoms with Crippen molar-refractivity contribution < 1.29 is 4.74 Å². The van der Waals surface area contributed by atoms with Crippen LogP contribution in [0.3, 0.4) is 0 Å². The number of hydrogen-bond acceptors (Lipinski definition) is 4. The fourth-order valence-corrected chi connectivity index (χ4v) is 3.73. The van der Waals surface area contributed by atoms with Crippen molar-refractivity contribution in [1.29, 1.82) is 0 Å². The highest BCUT2D eigenvalue weighted by Gasteiger charge is 2.46. The molecule has 1 aliphatic carbocycles. The minimum atomic E-state index is -1.56. The van der Waals surface area contributed by atoms with E-state index in [4.69, 9.17) is 74.3 Å². The minimum Gasteiger partial charge on any atom is -0.381 e. The average molecular weight is 434 g/mol. The van der Waals surface area contributed by atoms with Crippen molar-refractivity contribution in [1.82, 2.24) is 16.0 Å². The lowest BCUT2D eigenvalue weighted by Gasteiger charge is -2.47. The Morgan fingerprint density at radius 3 is 1.59 bits per heavy atom. The first-order valence-electron chi connectivity index (χ1n) is 7.05. The monoisotopic (exact) mass is 431 g/mol. The van der Waals surface area contributed by atoms with Crippen LogP contribution in [-0.2, 0) is 4.74 Å². The first kappa shape index (κ1) is 19.9. The Morgan fingerprint density at radius 1 is 0.773 bits per heavy atom. The number of halogens is 6. The van der Waals surface area contributed by atoms with Gasteiger partial charge in [0.2, 0.25) is 7.59 Å². The second-order valence-corrected chi connectivity index (χ2v) is 10.4. The Labute approximate surface area is 160 Å². The summed E-state index contributed by atoms with van der Waals surface area (Å²) in [4.78, 5) is 0. The number of methoxy groups -OCH3 is 1. The van der Waals surface area contributed by atoms with Gasteiger partial charge in [-0.2, -0.15) is 0 Å². The third-order valence-corrected chi connectivity index (χ3v) is 5.51. The van der Waals surface area contributed by atoms with E-state index < -0.39 is 19.9 Å². The quantitative estimate of drug-likeness (QED) is 0.581. The highest BCUT2D eigenvalue weighted by atomic mass is 35.6. The molecule has 0 aromatic rings. The fourth-order valence-electron chi connectivity index (χ4n) is 2.98. The van der Waals surface area contributed by atoms with Crippen LogP contribution < -0.4 is 16.0 Å². The van der Waals surface area contributed by atoms with Crippen molar-refractivity contribution in [2.45, 2.75) is 57.9 Å². The summed E-state index contributed by atoms with van der Waals surface area (Å²) >= 11 is 36.0. The van der Waals surface area contributed by atoms with Crippen LogP contribution in [-0.4, -0.2) is 39.3 Å². The van der Waals surface area contributed by atoms with Gasteiger partial charge in [0, 0.05) is 7.11 Å². The molecule has 0 aromatic carbocycles. The molecule has 2 aliphatic rings. The molecule has 22 heavy (non-hydrogen) atoms. The van der Waals surface area contributed by atoms with E-state index in [1.165, 1.54) is 0 Å². The van der Waals surface area contributed by atoms with Gasteiger partial charge in [0.15, 0.2) is 0 Å². The van der Waals surface area contributed by atoms with Gasteiger partial charge in [-0.3, -0.25) is 16.0 Å². The summed E-state index contributed by atoms with van der Waals surface area (Å²) in [5, 5.41) is 9.51. The predicted molar refractivity (Wildman–Crippen MR) is 94.1 cm³/mol. The standard InChI is InChI=1S/C12H19Cl6N3O/c1-22-7-4-2-6(3-5-7)8-19-9(11(13,14)15)21-10(20-8)12(16,17)18/h6-10,19-21H,2-5H2,1H3. The molecule has 10 heteroatoms. The number of alkyl halides is 6. The molecular formula is C12H19Cl6N3O. The van der Waals surface area contributed by atoms with Gasteiger partial charge in [-0.15, -0.1) is 0 Å². The van der Waals surface area contributed by atoms with E-state index in [-0.39, 0.29) is 6.17 Å². The Hall–Kier alpha value is 1.58. The van der Waals surface area contributed by atoms with Gasteiger partial charge in [-0.25, -0.2) is 0 Å². The van der Waals surface area contributed by atoms with Gasteiger partial charge < -0.3 is 4.74 Å². The van der Waals surface area contributed by atoms with E-state index in [1.54, 1.807) is 7.11 Å². The molecule has 2 fully saturated rings. The van der Waals surface area contributed by atoms with Crippen LogP contribution in [0.25, 0.3) is 0 Å². The van der Waals surface area contributed by atoms with Crippen LogP contribution >= 0.6 is 69.6 Å². The molecule has 1 saturated carbocycles. The van der Waals surface area contributed by atoms with Crippen LogP contribution in [0.5, 0.6) is 0 Å². The largest absolute Gasteiger partial charge is 0.381 e. The second-order valence-electron chi connectivity index (χ2n) is 5.70. The highest BCUT2D eigenvalue weighted by Crippen LogP contribution is 2.37. The van der Waals surface area contributed by atoms with Crippen LogP contribution in [0.15, 0.2) is 0 Å². The topological polar surface area (TPSA) is 45.3 Å². The van der Waals surface area contributed by atoms with Crippen molar-refractivity contribution in [3.8, 4) is 0 Å². The molecule has 2 atom stereocenters. The van der Waals surface area contributed by atoms with E-state index in [2.05, 4.69) is 16.0 Å². The summed E-state index contributed by atoms with van der Waals surface area (Å²) in [5.74, 6) is 0.346. The molecule has 130 valence electrons. The van der Waals surface area contributed by atoms with Crippen LogP contribution in [0.2, 0.25) is 0 Å². The van der Waals surface area contributed by atoms with E-state index in [9.17, 15) is 0 Å². The molecule has 1 saturated heterocycles.